The zero-order valence-electron chi connectivity index (χ0n) is 19.3. The molecular formula is C26H20F3N3O4S. The molecule has 0 fully saturated rings. The van der Waals surface area contributed by atoms with E-state index in [-0.39, 0.29) is 22.6 Å². The van der Waals surface area contributed by atoms with Gasteiger partial charge in [-0.3, -0.25) is 14.9 Å². The molecule has 37 heavy (non-hydrogen) atoms. The smallest absolute Gasteiger partial charge is 0.418 e. The summed E-state index contributed by atoms with van der Waals surface area (Å²) >= 11 is 1.10. The fourth-order valence-corrected chi connectivity index (χ4v) is 4.26. The number of alkyl halides is 3. The van der Waals surface area contributed by atoms with E-state index in [1.54, 1.807) is 36.6 Å². The number of hydrogen-bond donors (Lipinski definition) is 2. The van der Waals surface area contributed by atoms with Crippen LogP contribution >= 0.6 is 11.3 Å². The number of carbonyl (C=O) groups is 2. The second kappa shape index (κ2) is 10.8. The Morgan fingerprint density at radius 1 is 1.16 bits per heavy atom. The Morgan fingerprint density at radius 2 is 1.92 bits per heavy atom. The minimum absolute atomic E-state index is 0.0675. The number of aromatic amines is 1. The lowest BCUT2D eigenvalue weighted by atomic mass is 10.0. The number of pyridine rings is 1. The zero-order valence-corrected chi connectivity index (χ0v) is 20.2. The Balaban J connectivity index is 1.81. The van der Waals surface area contributed by atoms with E-state index in [9.17, 15) is 27.6 Å². The fraction of sp³-hybridized carbons (Fsp3) is 0.154. The Hall–Kier alpha value is -4.25. The number of halogens is 3. The first-order valence-corrected chi connectivity index (χ1v) is 12.0. The number of esters is 1. The number of aromatic nitrogens is 2. The van der Waals surface area contributed by atoms with Crippen LogP contribution in [0.4, 0.5) is 18.3 Å². The van der Waals surface area contributed by atoms with Crippen LogP contribution in [0.25, 0.3) is 17.0 Å². The maximum atomic E-state index is 13.7. The van der Waals surface area contributed by atoms with Gasteiger partial charge in [0.25, 0.3) is 5.91 Å². The van der Waals surface area contributed by atoms with Crippen molar-refractivity contribution in [3.8, 4) is 0 Å². The molecule has 11 heteroatoms. The van der Waals surface area contributed by atoms with Crippen LogP contribution in [-0.4, -0.2) is 21.8 Å². The lowest BCUT2D eigenvalue weighted by Crippen LogP contribution is -2.28. The molecule has 1 atom stereocenters. The lowest BCUT2D eigenvalue weighted by molar-refractivity contribution is -0.143. The third-order valence-electron chi connectivity index (χ3n) is 5.41. The Kier molecular flexibility index (Phi) is 7.53. The van der Waals surface area contributed by atoms with Crippen LogP contribution in [0.3, 0.4) is 0 Å². The van der Waals surface area contributed by atoms with Gasteiger partial charge in [0.15, 0.2) is 5.13 Å². The number of H-pyrrole nitrogens is 1. The highest BCUT2D eigenvalue weighted by Crippen LogP contribution is 2.35. The van der Waals surface area contributed by atoms with Crippen LogP contribution < -0.4 is 10.7 Å². The SMILES string of the molecule is CCC(OC(=O)/C=C/c1ccccc1)c1[nH]c2c(C(F)(F)F)cccc2c(=O)c1C(=O)Nc1nccs1. The van der Waals surface area contributed by atoms with E-state index in [4.69, 9.17) is 4.74 Å². The summed E-state index contributed by atoms with van der Waals surface area (Å²) < 4.78 is 46.7. The third kappa shape index (κ3) is 5.78. The van der Waals surface area contributed by atoms with Crippen molar-refractivity contribution in [2.45, 2.75) is 25.6 Å². The highest BCUT2D eigenvalue weighted by atomic mass is 32.1. The first kappa shape index (κ1) is 25.8. The molecule has 2 N–H and O–H groups in total. The van der Waals surface area contributed by atoms with Crippen molar-refractivity contribution in [3.63, 3.8) is 0 Å². The molecule has 4 rings (SSSR count). The minimum Gasteiger partial charge on any atom is -0.453 e. The molecule has 0 bridgehead atoms. The van der Waals surface area contributed by atoms with Crippen LogP contribution in [0.15, 0.2) is 71.0 Å². The molecule has 0 aliphatic carbocycles. The highest BCUT2D eigenvalue weighted by Gasteiger charge is 2.35. The Bertz CT molecular complexity index is 1510. The summed E-state index contributed by atoms with van der Waals surface area (Å²) in [5.41, 5.74) is -2.50. The first-order chi connectivity index (χ1) is 17.7. The number of hydrogen-bond acceptors (Lipinski definition) is 6. The van der Waals surface area contributed by atoms with E-state index in [2.05, 4.69) is 15.3 Å². The molecule has 2 heterocycles. The summed E-state index contributed by atoms with van der Waals surface area (Å²) in [6, 6.07) is 12.0. The number of nitrogens with zero attached hydrogens (tertiary/aromatic N) is 1. The Morgan fingerprint density at radius 3 is 2.57 bits per heavy atom. The number of benzene rings is 2. The van der Waals surface area contributed by atoms with Gasteiger partial charge in [-0.15, -0.1) is 11.3 Å². The van der Waals surface area contributed by atoms with Crippen LogP contribution in [0.1, 0.15) is 46.6 Å². The molecule has 0 saturated carbocycles. The summed E-state index contributed by atoms with van der Waals surface area (Å²) in [6.07, 6.45) is -1.82. The van der Waals surface area contributed by atoms with E-state index in [1.807, 2.05) is 6.07 Å². The van der Waals surface area contributed by atoms with E-state index >= 15 is 0 Å². The molecule has 0 spiro atoms. The number of carbonyl (C=O) groups excluding carboxylic acids is 2. The number of nitrogens with one attached hydrogen (secondary N) is 2. The van der Waals surface area contributed by atoms with Crippen molar-refractivity contribution in [3.05, 3.63) is 98.8 Å². The zero-order chi connectivity index (χ0) is 26.6. The van der Waals surface area contributed by atoms with Gasteiger partial charge < -0.3 is 9.72 Å². The van der Waals surface area contributed by atoms with Crippen molar-refractivity contribution >= 4 is 45.3 Å². The molecule has 1 amide bonds. The monoisotopic (exact) mass is 527 g/mol. The standard InChI is InChI=1S/C26H20F3N3O4S/c1-2-18(36-19(33)12-11-15-7-4-3-5-8-15)22-20(24(35)32-25-30-13-14-37-25)23(34)16-9-6-10-17(21(16)31-22)26(27,28)29/h3-14,18H,2H2,1H3,(H,31,34)(H,30,32,35)/b12-11+. The number of fused-ring (bicyclic) bond motifs is 1. The average molecular weight is 528 g/mol. The lowest BCUT2D eigenvalue weighted by Gasteiger charge is -2.20. The summed E-state index contributed by atoms with van der Waals surface area (Å²) in [6.45, 7) is 1.61. The average Bonchev–Trinajstić information content (AvgIpc) is 3.38. The molecule has 2 aromatic carbocycles. The summed E-state index contributed by atoms with van der Waals surface area (Å²) in [5, 5.41) is 3.95. The molecule has 0 radical (unpaired) electrons. The van der Waals surface area contributed by atoms with Gasteiger partial charge in [-0.25, -0.2) is 9.78 Å². The molecule has 2 aromatic heterocycles. The van der Waals surface area contributed by atoms with E-state index in [0.717, 1.165) is 35.1 Å². The number of amides is 1. The molecular weight excluding hydrogens is 507 g/mol. The van der Waals surface area contributed by atoms with Gasteiger partial charge in [0.1, 0.15) is 11.7 Å². The molecule has 1 unspecified atom stereocenters. The second-order valence-corrected chi connectivity index (χ2v) is 8.73. The number of para-hydroxylation sites is 1. The molecule has 0 aliphatic heterocycles. The van der Waals surface area contributed by atoms with Gasteiger partial charge in [-0.2, -0.15) is 13.2 Å². The van der Waals surface area contributed by atoms with Crippen LogP contribution in [0, 0.1) is 0 Å². The summed E-state index contributed by atoms with van der Waals surface area (Å²) in [7, 11) is 0. The number of anilines is 1. The van der Waals surface area contributed by atoms with Gasteiger partial charge in [0.05, 0.1) is 16.8 Å². The third-order valence-corrected chi connectivity index (χ3v) is 6.10. The summed E-state index contributed by atoms with van der Waals surface area (Å²) in [5.74, 6) is -1.69. The van der Waals surface area contributed by atoms with Crippen LogP contribution in [0.5, 0.6) is 0 Å². The maximum absolute atomic E-state index is 13.7. The highest BCUT2D eigenvalue weighted by molar-refractivity contribution is 7.13. The van der Waals surface area contributed by atoms with Gasteiger partial charge in [0.2, 0.25) is 5.43 Å². The van der Waals surface area contributed by atoms with Gasteiger partial charge in [-0.1, -0.05) is 43.3 Å². The van der Waals surface area contributed by atoms with Crippen molar-refractivity contribution in [1.29, 1.82) is 0 Å². The minimum atomic E-state index is -4.78. The van der Waals surface area contributed by atoms with Crippen LogP contribution in [-0.2, 0) is 15.7 Å². The van der Waals surface area contributed by atoms with E-state index < -0.39 is 46.2 Å². The molecule has 7 nitrogen and oxygen atoms in total. The van der Waals surface area contributed by atoms with E-state index in [1.165, 1.54) is 18.3 Å². The van der Waals surface area contributed by atoms with Crippen molar-refractivity contribution in [2.75, 3.05) is 5.32 Å². The normalized spacial score (nSPS) is 12.5. The number of rotatable bonds is 7. The van der Waals surface area contributed by atoms with Gasteiger partial charge >= 0.3 is 12.1 Å². The van der Waals surface area contributed by atoms with Crippen LogP contribution in [0.2, 0.25) is 0 Å². The molecule has 0 saturated heterocycles. The largest absolute Gasteiger partial charge is 0.453 e. The van der Waals surface area contributed by atoms with E-state index in [0.29, 0.717) is 0 Å². The van der Waals surface area contributed by atoms with Gasteiger partial charge in [0, 0.05) is 23.0 Å². The summed E-state index contributed by atoms with van der Waals surface area (Å²) in [4.78, 5) is 45.7. The number of ether oxygens (including phenoxy) is 1. The second-order valence-electron chi connectivity index (χ2n) is 7.84. The topological polar surface area (TPSA) is 101 Å². The molecule has 4 aromatic rings. The van der Waals surface area contributed by atoms with Gasteiger partial charge in [-0.05, 0) is 30.2 Å². The maximum Gasteiger partial charge on any atom is 0.418 e. The quantitative estimate of drug-likeness (QED) is 0.228. The predicted octanol–water partition coefficient (Wildman–Crippen LogP) is 5.96. The van der Waals surface area contributed by atoms with Crippen molar-refractivity contribution in [2.24, 2.45) is 0 Å². The van der Waals surface area contributed by atoms with Crippen molar-refractivity contribution in [1.82, 2.24) is 9.97 Å². The molecule has 0 aliphatic rings. The first-order valence-electron chi connectivity index (χ1n) is 11.1. The predicted molar refractivity (Wildman–Crippen MR) is 134 cm³/mol. The number of thiazole rings is 1. The fourth-order valence-electron chi connectivity index (χ4n) is 3.73. The van der Waals surface area contributed by atoms with Crippen molar-refractivity contribution < 1.29 is 27.5 Å². The Labute approximate surface area is 212 Å². The molecule has 190 valence electrons.